The maximum Gasteiger partial charge on any atom is 0.355 e. The van der Waals surface area contributed by atoms with Gasteiger partial charge in [0.2, 0.25) is 5.91 Å². The van der Waals surface area contributed by atoms with Gasteiger partial charge in [-0.2, -0.15) is 0 Å². The highest BCUT2D eigenvalue weighted by atomic mass is 32.1. The molecule has 1 aliphatic carbocycles. The second-order valence-electron chi connectivity index (χ2n) is 5.39. The van der Waals surface area contributed by atoms with Crippen LogP contribution in [0.2, 0.25) is 0 Å². The Labute approximate surface area is 136 Å². The van der Waals surface area contributed by atoms with E-state index < -0.39 is 5.97 Å². The van der Waals surface area contributed by atoms with Gasteiger partial charge in [0, 0.05) is 35.1 Å². The van der Waals surface area contributed by atoms with E-state index in [1.807, 2.05) is 0 Å². The van der Waals surface area contributed by atoms with Gasteiger partial charge in [-0.3, -0.25) is 4.79 Å². The summed E-state index contributed by atoms with van der Waals surface area (Å²) in [5.41, 5.74) is 1.34. The van der Waals surface area contributed by atoms with E-state index in [4.69, 9.17) is 5.11 Å². The number of carboxylic acid groups (broad SMARTS) is 1. The average Bonchev–Trinajstić information content (AvgIpc) is 2.91. The first-order chi connectivity index (χ1) is 10.6. The summed E-state index contributed by atoms with van der Waals surface area (Å²) in [7, 11) is 0. The number of carboxylic acids is 1. The number of nitrogens with zero attached hydrogens (tertiary/aromatic N) is 1. The molecule has 1 amide bonds. The lowest BCUT2D eigenvalue weighted by Gasteiger charge is -2.03. The van der Waals surface area contributed by atoms with Gasteiger partial charge >= 0.3 is 5.97 Å². The van der Waals surface area contributed by atoms with Crippen LogP contribution >= 0.6 is 22.7 Å². The molecule has 3 rings (SSSR count). The standard InChI is InChI=1S/C15H16N2O3S2/c1-8-3-5-21-13(8)9-6-10(9)14(18)16-4-2-12-17-11(7-22-12)15(19)20/h3,5,7,9-10H,2,4,6H2,1H3,(H,16,18)(H,19,20)/t9-,10-/m1/s1. The molecule has 116 valence electrons. The number of thiophene rings is 1. The third-order valence-corrected chi connectivity index (χ3v) is 5.83. The van der Waals surface area contributed by atoms with Crippen LogP contribution in [0.25, 0.3) is 0 Å². The minimum Gasteiger partial charge on any atom is -0.476 e. The minimum absolute atomic E-state index is 0.0711. The smallest absolute Gasteiger partial charge is 0.355 e. The van der Waals surface area contributed by atoms with Crippen LogP contribution in [0, 0.1) is 12.8 Å². The normalized spacial score (nSPS) is 19.9. The van der Waals surface area contributed by atoms with E-state index >= 15 is 0 Å². The van der Waals surface area contributed by atoms with Crippen LogP contribution in [0.1, 0.15) is 38.3 Å². The number of hydrogen-bond donors (Lipinski definition) is 2. The number of hydrogen-bond acceptors (Lipinski definition) is 5. The highest BCUT2D eigenvalue weighted by Gasteiger charge is 2.45. The Bertz CT molecular complexity index is 707. The summed E-state index contributed by atoms with van der Waals surface area (Å²) in [5, 5.41) is 16.1. The number of aromatic carboxylic acids is 1. The van der Waals surface area contributed by atoms with Crippen molar-refractivity contribution in [2.24, 2.45) is 5.92 Å². The largest absolute Gasteiger partial charge is 0.476 e. The van der Waals surface area contributed by atoms with Gasteiger partial charge in [0.25, 0.3) is 0 Å². The van der Waals surface area contributed by atoms with Gasteiger partial charge in [0.05, 0.1) is 5.01 Å². The number of amides is 1. The number of rotatable bonds is 6. The molecule has 2 atom stereocenters. The van der Waals surface area contributed by atoms with Crippen LogP contribution in [0.3, 0.4) is 0 Å². The summed E-state index contributed by atoms with van der Waals surface area (Å²) in [6, 6.07) is 2.09. The summed E-state index contributed by atoms with van der Waals surface area (Å²) in [5.74, 6) is -0.465. The minimum atomic E-state index is -1.02. The Morgan fingerprint density at radius 1 is 1.45 bits per heavy atom. The molecule has 1 saturated carbocycles. The van der Waals surface area contributed by atoms with Crippen molar-refractivity contribution in [3.05, 3.63) is 38.0 Å². The van der Waals surface area contributed by atoms with Crippen molar-refractivity contribution in [1.29, 1.82) is 0 Å². The first kappa shape index (κ1) is 15.2. The van der Waals surface area contributed by atoms with Crippen LogP contribution < -0.4 is 5.32 Å². The summed E-state index contributed by atoms with van der Waals surface area (Å²) in [6.45, 7) is 2.58. The summed E-state index contributed by atoms with van der Waals surface area (Å²) in [6.07, 6.45) is 1.49. The lowest BCUT2D eigenvalue weighted by molar-refractivity contribution is -0.122. The monoisotopic (exact) mass is 336 g/mol. The molecule has 2 aromatic rings. The fourth-order valence-electron chi connectivity index (χ4n) is 2.49. The molecular formula is C15H16N2O3S2. The highest BCUT2D eigenvalue weighted by Crippen LogP contribution is 2.50. The zero-order valence-electron chi connectivity index (χ0n) is 12.0. The Hall–Kier alpha value is -1.73. The fraction of sp³-hybridized carbons (Fsp3) is 0.400. The van der Waals surface area contributed by atoms with E-state index in [0.29, 0.717) is 18.9 Å². The number of aromatic nitrogens is 1. The number of carbonyl (C=O) groups excluding carboxylic acids is 1. The Morgan fingerprint density at radius 3 is 2.91 bits per heavy atom. The maximum absolute atomic E-state index is 12.1. The van der Waals surface area contributed by atoms with E-state index in [1.165, 1.54) is 27.2 Å². The molecule has 2 heterocycles. The van der Waals surface area contributed by atoms with Crippen molar-refractivity contribution in [3.8, 4) is 0 Å². The van der Waals surface area contributed by atoms with Crippen molar-refractivity contribution in [2.45, 2.75) is 25.7 Å². The molecule has 1 fully saturated rings. The summed E-state index contributed by atoms with van der Waals surface area (Å²) < 4.78 is 0. The first-order valence-corrected chi connectivity index (χ1v) is 8.81. The number of thiazole rings is 1. The van der Waals surface area contributed by atoms with Crippen LogP contribution in [0.4, 0.5) is 0 Å². The Kier molecular flexibility index (Phi) is 4.26. The number of carbonyl (C=O) groups is 2. The number of nitrogens with one attached hydrogen (secondary N) is 1. The van der Waals surface area contributed by atoms with E-state index in [1.54, 1.807) is 11.3 Å². The van der Waals surface area contributed by atoms with Gasteiger partial charge < -0.3 is 10.4 Å². The molecular weight excluding hydrogens is 320 g/mol. The van der Waals surface area contributed by atoms with Crippen molar-refractivity contribution in [3.63, 3.8) is 0 Å². The molecule has 5 nitrogen and oxygen atoms in total. The third-order valence-electron chi connectivity index (χ3n) is 3.77. The first-order valence-electron chi connectivity index (χ1n) is 7.05. The molecule has 0 unspecified atom stereocenters. The molecule has 0 aliphatic heterocycles. The van der Waals surface area contributed by atoms with Gasteiger partial charge in [-0.25, -0.2) is 9.78 Å². The Morgan fingerprint density at radius 2 is 2.27 bits per heavy atom. The SMILES string of the molecule is Cc1ccsc1[C@@H]1C[C@H]1C(=O)NCCc1nc(C(=O)O)cs1. The predicted molar refractivity (Wildman–Crippen MR) is 85.7 cm³/mol. The van der Waals surface area contributed by atoms with Crippen molar-refractivity contribution >= 4 is 34.6 Å². The molecule has 7 heteroatoms. The van der Waals surface area contributed by atoms with Crippen molar-refractivity contribution < 1.29 is 14.7 Å². The van der Waals surface area contributed by atoms with Crippen molar-refractivity contribution in [2.75, 3.05) is 6.54 Å². The van der Waals surface area contributed by atoms with Gasteiger partial charge in [-0.05, 0) is 30.4 Å². The van der Waals surface area contributed by atoms with E-state index in [9.17, 15) is 9.59 Å². The zero-order chi connectivity index (χ0) is 15.7. The topological polar surface area (TPSA) is 79.3 Å². The van der Waals surface area contributed by atoms with E-state index in [0.717, 1.165) is 11.4 Å². The second kappa shape index (κ2) is 6.18. The van der Waals surface area contributed by atoms with E-state index in [-0.39, 0.29) is 17.5 Å². The molecule has 0 radical (unpaired) electrons. The second-order valence-corrected chi connectivity index (χ2v) is 7.28. The summed E-state index contributed by atoms with van der Waals surface area (Å²) in [4.78, 5) is 28.2. The predicted octanol–water partition coefficient (Wildman–Crippen LogP) is 2.67. The summed E-state index contributed by atoms with van der Waals surface area (Å²) >= 11 is 3.04. The lowest BCUT2D eigenvalue weighted by Crippen LogP contribution is -2.27. The highest BCUT2D eigenvalue weighted by molar-refractivity contribution is 7.10. The van der Waals surface area contributed by atoms with Crippen molar-refractivity contribution in [1.82, 2.24) is 10.3 Å². The molecule has 0 bridgehead atoms. The van der Waals surface area contributed by atoms with Crippen LogP contribution in [-0.4, -0.2) is 28.5 Å². The molecule has 0 spiro atoms. The van der Waals surface area contributed by atoms with Gasteiger partial charge in [0.1, 0.15) is 0 Å². The average molecular weight is 336 g/mol. The molecule has 22 heavy (non-hydrogen) atoms. The number of aryl methyl sites for hydroxylation is 1. The fourth-order valence-corrected chi connectivity index (χ4v) is 4.37. The third kappa shape index (κ3) is 3.20. The van der Waals surface area contributed by atoms with Crippen LogP contribution in [0.15, 0.2) is 16.8 Å². The zero-order valence-corrected chi connectivity index (χ0v) is 13.7. The van der Waals surface area contributed by atoms with Gasteiger partial charge in [0.15, 0.2) is 5.69 Å². The molecule has 0 aromatic carbocycles. The Balaban J connectivity index is 1.45. The van der Waals surface area contributed by atoms with Crippen LogP contribution in [0.5, 0.6) is 0 Å². The molecule has 2 N–H and O–H groups in total. The molecule has 0 saturated heterocycles. The van der Waals surface area contributed by atoms with E-state index in [2.05, 4.69) is 28.7 Å². The van der Waals surface area contributed by atoms with Gasteiger partial charge in [-0.15, -0.1) is 22.7 Å². The lowest BCUT2D eigenvalue weighted by atomic mass is 10.2. The quantitative estimate of drug-likeness (QED) is 0.850. The molecule has 2 aromatic heterocycles. The molecule has 1 aliphatic rings. The van der Waals surface area contributed by atoms with Crippen LogP contribution in [-0.2, 0) is 11.2 Å². The van der Waals surface area contributed by atoms with Gasteiger partial charge in [-0.1, -0.05) is 0 Å². The maximum atomic E-state index is 12.1.